The van der Waals surface area contributed by atoms with Crippen molar-refractivity contribution in [2.45, 2.75) is 32.1 Å². The number of nitrogens with one attached hydrogen (secondary N) is 2. The second-order valence-corrected chi connectivity index (χ2v) is 7.32. The van der Waals surface area contributed by atoms with Gasteiger partial charge in [-0.25, -0.2) is 9.78 Å². The molecule has 0 aliphatic carbocycles. The number of hydrogen-bond acceptors (Lipinski definition) is 2. The minimum atomic E-state index is -0.0345. The maximum atomic E-state index is 12.8. The van der Waals surface area contributed by atoms with Crippen LogP contribution in [0.5, 0.6) is 0 Å². The fourth-order valence-corrected chi connectivity index (χ4v) is 3.76. The summed E-state index contributed by atoms with van der Waals surface area (Å²) < 4.78 is 0. The van der Waals surface area contributed by atoms with E-state index in [1.807, 2.05) is 47.5 Å². The third kappa shape index (κ3) is 4.09. The Hall–Kier alpha value is -3.08. The average Bonchev–Trinajstić information content (AvgIpc) is 3.25. The summed E-state index contributed by atoms with van der Waals surface area (Å²) >= 11 is 0. The molecule has 1 fully saturated rings. The molecule has 3 aromatic rings. The molecule has 2 heterocycles. The van der Waals surface area contributed by atoms with E-state index < -0.39 is 0 Å². The molecule has 28 heavy (non-hydrogen) atoms. The molecule has 0 radical (unpaired) electrons. The molecule has 2 amide bonds. The van der Waals surface area contributed by atoms with Crippen LogP contribution in [0.2, 0.25) is 0 Å². The number of urea groups is 1. The lowest BCUT2D eigenvalue weighted by molar-refractivity contribution is 0.191. The van der Waals surface area contributed by atoms with Gasteiger partial charge < -0.3 is 15.2 Å². The molecular weight excluding hydrogens is 348 g/mol. The van der Waals surface area contributed by atoms with Crippen LogP contribution >= 0.6 is 0 Å². The van der Waals surface area contributed by atoms with Crippen molar-refractivity contribution < 1.29 is 4.79 Å². The molecular formula is C23H26N4O. The molecule has 1 saturated heterocycles. The summed E-state index contributed by atoms with van der Waals surface area (Å²) in [7, 11) is 0. The number of piperidine rings is 1. The summed E-state index contributed by atoms with van der Waals surface area (Å²) in [5.74, 6) is 1.20. The van der Waals surface area contributed by atoms with Crippen LogP contribution in [0.25, 0.3) is 11.3 Å². The summed E-state index contributed by atoms with van der Waals surface area (Å²) in [5, 5.41) is 3.05. The van der Waals surface area contributed by atoms with Gasteiger partial charge in [-0.2, -0.15) is 0 Å². The van der Waals surface area contributed by atoms with Crippen LogP contribution < -0.4 is 5.32 Å². The molecule has 0 spiro atoms. The van der Waals surface area contributed by atoms with E-state index in [1.165, 1.54) is 5.56 Å². The van der Waals surface area contributed by atoms with E-state index in [-0.39, 0.29) is 11.9 Å². The predicted octanol–water partition coefficient (Wildman–Crippen LogP) is 5.05. The zero-order valence-electron chi connectivity index (χ0n) is 16.2. The maximum absolute atomic E-state index is 12.8. The van der Waals surface area contributed by atoms with Crippen molar-refractivity contribution in [3.63, 3.8) is 0 Å². The van der Waals surface area contributed by atoms with Crippen LogP contribution in [0.1, 0.15) is 37.1 Å². The number of amides is 2. The number of likely N-dealkylation sites (tertiary alicyclic amines) is 1. The lowest BCUT2D eigenvalue weighted by Crippen LogP contribution is -2.41. The number of rotatable bonds is 4. The van der Waals surface area contributed by atoms with E-state index in [4.69, 9.17) is 0 Å². The van der Waals surface area contributed by atoms with E-state index in [0.717, 1.165) is 48.6 Å². The first-order valence-corrected chi connectivity index (χ1v) is 9.98. The van der Waals surface area contributed by atoms with Gasteiger partial charge in [-0.1, -0.05) is 49.4 Å². The van der Waals surface area contributed by atoms with E-state index in [0.29, 0.717) is 6.54 Å². The highest BCUT2D eigenvalue weighted by atomic mass is 16.2. The number of aromatic nitrogens is 2. The molecule has 1 aliphatic rings. The van der Waals surface area contributed by atoms with E-state index in [2.05, 4.69) is 40.4 Å². The van der Waals surface area contributed by atoms with E-state index in [1.54, 1.807) is 0 Å². The van der Waals surface area contributed by atoms with Gasteiger partial charge in [0.2, 0.25) is 0 Å². The molecule has 0 bridgehead atoms. The van der Waals surface area contributed by atoms with Gasteiger partial charge in [0.05, 0.1) is 11.9 Å². The second kappa shape index (κ2) is 8.30. The van der Waals surface area contributed by atoms with Crippen LogP contribution in [0.3, 0.4) is 0 Å². The Bertz CT molecular complexity index is 935. The molecule has 5 heteroatoms. The fourth-order valence-electron chi connectivity index (χ4n) is 3.76. The number of aromatic amines is 1. The number of imidazole rings is 1. The van der Waals surface area contributed by atoms with Crippen LogP contribution in [-0.4, -0.2) is 34.0 Å². The van der Waals surface area contributed by atoms with Gasteiger partial charge in [-0.3, -0.25) is 0 Å². The topological polar surface area (TPSA) is 61.0 Å². The monoisotopic (exact) mass is 374 g/mol. The smallest absolute Gasteiger partial charge is 0.321 e. The Morgan fingerprint density at radius 1 is 1.21 bits per heavy atom. The number of nitrogens with zero attached hydrogens (tertiary/aromatic N) is 2. The van der Waals surface area contributed by atoms with Crippen molar-refractivity contribution in [2.75, 3.05) is 18.4 Å². The first-order valence-electron chi connectivity index (χ1n) is 9.98. The number of aryl methyl sites for hydroxylation is 1. The molecule has 5 nitrogen and oxygen atoms in total. The normalized spacial score (nSPS) is 16.8. The van der Waals surface area contributed by atoms with Crippen molar-refractivity contribution in [1.82, 2.24) is 14.9 Å². The predicted molar refractivity (Wildman–Crippen MR) is 112 cm³/mol. The summed E-state index contributed by atoms with van der Waals surface area (Å²) in [4.78, 5) is 22.7. The Balaban J connectivity index is 1.43. The van der Waals surface area contributed by atoms with Gasteiger partial charge in [-0.05, 0) is 42.5 Å². The van der Waals surface area contributed by atoms with Crippen LogP contribution in [0, 0.1) is 0 Å². The van der Waals surface area contributed by atoms with Gasteiger partial charge in [0, 0.05) is 24.7 Å². The number of anilines is 1. The molecule has 2 N–H and O–H groups in total. The van der Waals surface area contributed by atoms with Crippen LogP contribution in [0.4, 0.5) is 10.5 Å². The Labute approximate surface area is 165 Å². The Morgan fingerprint density at radius 3 is 2.89 bits per heavy atom. The van der Waals surface area contributed by atoms with Gasteiger partial charge >= 0.3 is 6.03 Å². The highest BCUT2D eigenvalue weighted by molar-refractivity contribution is 5.89. The van der Waals surface area contributed by atoms with Crippen molar-refractivity contribution in [1.29, 1.82) is 0 Å². The SMILES string of the molecule is CCc1cccc(NC(=O)N2CCC[C@H](c3ncc(-c4ccccc4)[nH]3)C2)c1. The van der Waals surface area contributed by atoms with Gasteiger partial charge in [-0.15, -0.1) is 0 Å². The number of hydrogen-bond donors (Lipinski definition) is 2. The van der Waals surface area contributed by atoms with Crippen molar-refractivity contribution >= 4 is 11.7 Å². The van der Waals surface area contributed by atoms with Crippen LogP contribution in [-0.2, 0) is 6.42 Å². The number of carbonyl (C=O) groups is 1. The quantitative estimate of drug-likeness (QED) is 0.671. The molecule has 0 unspecified atom stereocenters. The van der Waals surface area contributed by atoms with Gasteiger partial charge in [0.1, 0.15) is 5.82 Å². The lowest BCUT2D eigenvalue weighted by Gasteiger charge is -2.32. The summed E-state index contributed by atoms with van der Waals surface area (Å²) in [6, 6.07) is 18.2. The van der Waals surface area contributed by atoms with Crippen molar-refractivity contribution in [3.8, 4) is 11.3 Å². The fraction of sp³-hybridized carbons (Fsp3) is 0.304. The summed E-state index contributed by atoms with van der Waals surface area (Å²) in [6.07, 6.45) is 4.86. The molecule has 144 valence electrons. The maximum Gasteiger partial charge on any atom is 0.321 e. The largest absolute Gasteiger partial charge is 0.342 e. The van der Waals surface area contributed by atoms with Crippen LogP contribution in [0.15, 0.2) is 60.8 Å². The molecule has 4 rings (SSSR count). The Kier molecular flexibility index (Phi) is 5.42. The molecule has 0 saturated carbocycles. The highest BCUT2D eigenvalue weighted by Crippen LogP contribution is 2.27. The number of benzene rings is 2. The molecule has 1 aromatic heterocycles. The summed E-state index contributed by atoms with van der Waals surface area (Å²) in [5.41, 5.74) is 4.23. The minimum Gasteiger partial charge on any atom is -0.342 e. The third-order valence-electron chi connectivity index (χ3n) is 5.36. The number of H-pyrrole nitrogens is 1. The van der Waals surface area contributed by atoms with E-state index >= 15 is 0 Å². The third-order valence-corrected chi connectivity index (χ3v) is 5.36. The zero-order valence-corrected chi connectivity index (χ0v) is 16.2. The second-order valence-electron chi connectivity index (χ2n) is 7.32. The van der Waals surface area contributed by atoms with Crippen molar-refractivity contribution in [2.24, 2.45) is 0 Å². The molecule has 2 aromatic carbocycles. The minimum absolute atomic E-state index is 0.0345. The van der Waals surface area contributed by atoms with Crippen molar-refractivity contribution in [3.05, 3.63) is 72.2 Å². The first-order chi connectivity index (χ1) is 13.7. The summed E-state index contributed by atoms with van der Waals surface area (Å²) in [6.45, 7) is 3.58. The van der Waals surface area contributed by atoms with Gasteiger partial charge in [0.15, 0.2) is 0 Å². The highest BCUT2D eigenvalue weighted by Gasteiger charge is 2.26. The molecule has 1 aliphatic heterocycles. The lowest BCUT2D eigenvalue weighted by atomic mass is 9.97. The van der Waals surface area contributed by atoms with Gasteiger partial charge in [0.25, 0.3) is 0 Å². The van der Waals surface area contributed by atoms with E-state index in [9.17, 15) is 4.79 Å². The Morgan fingerprint density at radius 2 is 2.07 bits per heavy atom. The standard InChI is InChI=1S/C23H26N4O/c1-2-17-8-6-12-20(14-17)25-23(28)27-13-7-11-19(16-27)22-24-15-21(26-22)18-9-4-3-5-10-18/h3-6,8-10,12,14-15,19H,2,7,11,13,16H2,1H3,(H,24,26)(H,25,28)/t19-/m0/s1. The molecule has 1 atom stereocenters. The average molecular weight is 374 g/mol. The first kappa shape index (κ1) is 18.3. The number of carbonyl (C=O) groups excluding carboxylic acids is 1. The zero-order chi connectivity index (χ0) is 19.3.